The number of aliphatic imine (C=N–C) groups is 1. The third-order valence-electron chi connectivity index (χ3n) is 3.57. The van der Waals surface area contributed by atoms with Gasteiger partial charge in [-0.15, -0.1) is 11.3 Å². The van der Waals surface area contributed by atoms with Crippen molar-refractivity contribution in [3.63, 3.8) is 0 Å². The Bertz CT molecular complexity index is 467. The molecule has 1 aliphatic carbocycles. The smallest absolute Gasteiger partial charge is 0.194 e. The van der Waals surface area contributed by atoms with E-state index in [1.807, 2.05) is 14.0 Å². The molecule has 2 N–H and O–H groups in total. The fourth-order valence-corrected chi connectivity index (χ4v) is 2.84. The molecule has 0 aromatic carbocycles. The number of aryl methyl sites for hydroxylation is 1. The molecule has 0 bridgehead atoms. The van der Waals surface area contributed by atoms with Crippen molar-refractivity contribution >= 4 is 17.3 Å². The molecule has 112 valence electrons. The van der Waals surface area contributed by atoms with Gasteiger partial charge in [0.2, 0.25) is 0 Å². The number of rotatable bonds is 5. The van der Waals surface area contributed by atoms with Crippen molar-refractivity contribution in [2.75, 3.05) is 20.1 Å². The van der Waals surface area contributed by atoms with E-state index >= 15 is 0 Å². The van der Waals surface area contributed by atoms with Gasteiger partial charge in [-0.05, 0) is 33.1 Å². The van der Waals surface area contributed by atoms with Crippen molar-refractivity contribution < 1.29 is 5.11 Å². The zero-order valence-electron chi connectivity index (χ0n) is 12.5. The summed E-state index contributed by atoms with van der Waals surface area (Å²) in [5, 5.41) is 16.6. The van der Waals surface area contributed by atoms with E-state index in [0.29, 0.717) is 6.54 Å². The minimum Gasteiger partial charge on any atom is -0.388 e. The number of aliphatic hydroxyl groups is 1. The van der Waals surface area contributed by atoms with Crippen LogP contribution in [-0.4, -0.2) is 46.7 Å². The lowest BCUT2D eigenvalue weighted by molar-refractivity contribution is -0.0237. The molecule has 0 radical (unpaired) electrons. The molecular weight excluding hydrogens is 272 g/mol. The predicted octanol–water partition coefficient (Wildman–Crippen LogP) is 1.76. The van der Waals surface area contributed by atoms with Gasteiger partial charge in [0.05, 0.1) is 29.4 Å². The number of nitrogens with one attached hydrogen (secondary N) is 1. The van der Waals surface area contributed by atoms with Crippen molar-refractivity contribution in [1.82, 2.24) is 15.2 Å². The van der Waals surface area contributed by atoms with Crippen LogP contribution in [0, 0.1) is 6.92 Å². The Morgan fingerprint density at radius 3 is 2.85 bits per heavy atom. The zero-order chi connectivity index (χ0) is 14.6. The van der Waals surface area contributed by atoms with E-state index < -0.39 is 5.60 Å². The van der Waals surface area contributed by atoms with Gasteiger partial charge in [-0.1, -0.05) is 0 Å². The fraction of sp³-hybridized carbons (Fsp3) is 0.714. The van der Waals surface area contributed by atoms with Crippen LogP contribution in [0.4, 0.5) is 0 Å². The molecule has 1 aliphatic rings. The van der Waals surface area contributed by atoms with Crippen LogP contribution in [0.3, 0.4) is 0 Å². The molecule has 1 aromatic rings. The van der Waals surface area contributed by atoms with E-state index in [4.69, 9.17) is 0 Å². The maximum atomic E-state index is 10.1. The third kappa shape index (κ3) is 3.93. The molecule has 1 heterocycles. The first-order valence-corrected chi connectivity index (χ1v) is 8.03. The molecule has 1 saturated carbocycles. The summed E-state index contributed by atoms with van der Waals surface area (Å²) < 4.78 is 0. The Morgan fingerprint density at radius 1 is 1.60 bits per heavy atom. The third-order valence-corrected chi connectivity index (χ3v) is 4.39. The Hall–Kier alpha value is -1.14. The molecule has 0 amide bonds. The zero-order valence-corrected chi connectivity index (χ0v) is 13.3. The van der Waals surface area contributed by atoms with Crippen molar-refractivity contribution in [2.45, 2.75) is 45.3 Å². The van der Waals surface area contributed by atoms with Crippen LogP contribution in [-0.2, 0) is 6.54 Å². The van der Waals surface area contributed by atoms with Gasteiger partial charge in [0.25, 0.3) is 0 Å². The second-order valence-corrected chi connectivity index (χ2v) is 6.52. The predicted molar refractivity (Wildman–Crippen MR) is 83.1 cm³/mol. The highest BCUT2D eigenvalue weighted by molar-refractivity contribution is 7.09. The molecule has 6 heteroatoms. The summed E-state index contributed by atoms with van der Waals surface area (Å²) in [4.78, 5) is 11.1. The Morgan fingerprint density at radius 2 is 2.35 bits per heavy atom. The van der Waals surface area contributed by atoms with Crippen molar-refractivity contribution in [1.29, 1.82) is 0 Å². The molecule has 20 heavy (non-hydrogen) atoms. The van der Waals surface area contributed by atoms with Gasteiger partial charge in [-0.25, -0.2) is 4.98 Å². The van der Waals surface area contributed by atoms with E-state index in [1.165, 1.54) is 0 Å². The van der Waals surface area contributed by atoms with E-state index in [-0.39, 0.29) is 0 Å². The number of aromatic nitrogens is 1. The molecule has 2 rings (SSSR count). The largest absolute Gasteiger partial charge is 0.388 e. The Labute approximate surface area is 124 Å². The Kier molecular flexibility index (Phi) is 4.99. The van der Waals surface area contributed by atoms with Gasteiger partial charge in [0.1, 0.15) is 0 Å². The maximum absolute atomic E-state index is 10.1. The number of nitrogens with zero attached hydrogens (tertiary/aromatic N) is 3. The lowest BCUT2D eigenvalue weighted by atomic mass is 9.80. The second-order valence-electron chi connectivity index (χ2n) is 5.46. The Balaban J connectivity index is 1.97. The quantitative estimate of drug-likeness (QED) is 0.642. The van der Waals surface area contributed by atoms with Crippen LogP contribution in [0.5, 0.6) is 0 Å². The highest BCUT2D eigenvalue weighted by Crippen LogP contribution is 2.31. The molecule has 1 aromatic heterocycles. The maximum Gasteiger partial charge on any atom is 0.194 e. The standard InChI is InChI=1S/C14H24N4OS/c1-4-15-13(16-10-14(19)6-5-7-14)18(3)8-12-9-20-11(2)17-12/h9,19H,4-8,10H2,1-3H3,(H,15,16). The number of hydrogen-bond donors (Lipinski definition) is 2. The molecule has 1 fully saturated rings. The minimum absolute atomic E-state index is 0.482. The number of hydrogen-bond acceptors (Lipinski definition) is 4. The first-order valence-electron chi connectivity index (χ1n) is 7.15. The van der Waals surface area contributed by atoms with E-state index in [2.05, 4.69) is 32.5 Å². The van der Waals surface area contributed by atoms with E-state index in [1.54, 1.807) is 11.3 Å². The van der Waals surface area contributed by atoms with Crippen LogP contribution in [0.25, 0.3) is 0 Å². The van der Waals surface area contributed by atoms with Gasteiger partial charge in [0, 0.05) is 19.0 Å². The summed E-state index contributed by atoms with van der Waals surface area (Å²) in [6, 6.07) is 0. The van der Waals surface area contributed by atoms with Crippen LogP contribution < -0.4 is 5.32 Å². The van der Waals surface area contributed by atoms with Crippen LogP contribution >= 0.6 is 11.3 Å². The average molecular weight is 296 g/mol. The van der Waals surface area contributed by atoms with Crippen molar-refractivity contribution in [2.24, 2.45) is 4.99 Å². The first-order chi connectivity index (χ1) is 9.52. The lowest BCUT2D eigenvalue weighted by Crippen LogP contribution is -2.43. The number of guanidine groups is 1. The SMILES string of the molecule is CCNC(=NCC1(O)CCC1)N(C)Cc1csc(C)n1. The molecule has 0 atom stereocenters. The van der Waals surface area contributed by atoms with Gasteiger partial charge in [-0.2, -0.15) is 0 Å². The summed E-state index contributed by atoms with van der Waals surface area (Å²) in [6.45, 7) is 6.09. The van der Waals surface area contributed by atoms with E-state index in [9.17, 15) is 5.11 Å². The van der Waals surface area contributed by atoms with Gasteiger partial charge >= 0.3 is 0 Å². The molecule has 0 aliphatic heterocycles. The van der Waals surface area contributed by atoms with Crippen LogP contribution in [0.2, 0.25) is 0 Å². The van der Waals surface area contributed by atoms with Gasteiger partial charge in [0.15, 0.2) is 5.96 Å². The topological polar surface area (TPSA) is 60.8 Å². The highest BCUT2D eigenvalue weighted by Gasteiger charge is 2.34. The summed E-state index contributed by atoms with van der Waals surface area (Å²) in [5.41, 5.74) is 0.488. The molecule has 0 unspecified atom stereocenters. The summed E-state index contributed by atoms with van der Waals surface area (Å²) in [6.07, 6.45) is 2.84. The minimum atomic E-state index is -0.571. The lowest BCUT2D eigenvalue weighted by Gasteiger charge is -2.35. The first kappa shape index (κ1) is 15.3. The van der Waals surface area contributed by atoms with Crippen LogP contribution in [0.1, 0.15) is 36.9 Å². The summed E-state index contributed by atoms with van der Waals surface area (Å²) in [5.74, 6) is 0.832. The van der Waals surface area contributed by atoms with Gasteiger partial charge in [-0.3, -0.25) is 4.99 Å². The monoisotopic (exact) mass is 296 g/mol. The molecule has 5 nitrogen and oxygen atoms in total. The summed E-state index contributed by atoms with van der Waals surface area (Å²) >= 11 is 1.66. The van der Waals surface area contributed by atoms with Crippen molar-refractivity contribution in [3.05, 3.63) is 16.1 Å². The van der Waals surface area contributed by atoms with Crippen LogP contribution in [0.15, 0.2) is 10.4 Å². The normalized spacial score (nSPS) is 17.7. The highest BCUT2D eigenvalue weighted by atomic mass is 32.1. The summed E-state index contributed by atoms with van der Waals surface area (Å²) in [7, 11) is 2.00. The molecule has 0 spiro atoms. The van der Waals surface area contributed by atoms with E-state index in [0.717, 1.165) is 49.0 Å². The average Bonchev–Trinajstić information content (AvgIpc) is 2.77. The second kappa shape index (κ2) is 6.54. The van der Waals surface area contributed by atoms with Crippen molar-refractivity contribution in [3.8, 4) is 0 Å². The molecule has 0 saturated heterocycles. The number of thiazole rings is 1. The molecular formula is C14H24N4OS. The van der Waals surface area contributed by atoms with Gasteiger partial charge < -0.3 is 15.3 Å². The fourth-order valence-electron chi connectivity index (χ4n) is 2.23.